The molecule has 0 spiro atoms. The van der Waals surface area contributed by atoms with Gasteiger partial charge in [0.15, 0.2) is 0 Å². The van der Waals surface area contributed by atoms with Crippen molar-refractivity contribution in [1.82, 2.24) is 9.88 Å². The number of carbonyl (C=O) groups is 1. The molecule has 0 bridgehead atoms. The molecule has 0 radical (unpaired) electrons. The molecule has 0 atom stereocenters. The zero-order valence-electron chi connectivity index (χ0n) is 13.0. The normalized spacial score (nSPS) is 18.8. The van der Waals surface area contributed by atoms with Crippen molar-refractivity contribution in [1.29, 1.82) is 0 Å². The van der Waals surface area contributed by atoms with Crippen LogP contribution in [0.15, 0.2) is 5.38 Å². The van der Waals surface area contributed by atoms with Crippen molar-refractivity contribution >= 4 is 29.7 Å². The van der Waals surface area contributed by atoms with Crippen LogP contribution in [0.3, 0.4) is 0 Å². The van der Waals surface area contributed by atoms with Gasteiger partial charge in [-0.2, -0.15) is 0 Å². The van der Waals surface area contributed by atoms with Crippen molar-refractivity contribution in [2.24, 2.45) is 11.7 Å². The van der Waals surface area contributed by atoms with Crippen molar-refractivity contribution in [2.45, 2.75) is 57.4 Å². The Morgan fingerprint density at radius 3 is 2.64 bits per heavy atom. The van der Waals surface area contributed by atoms with E-state index in [1.54, 1.807) is 11.3 Å². The van der Waals surface area contributed by atoms with Crippen molar-refractivity contribution in [2.75, 3.05) is 13.1 Å². The average Bonchev–Trinajstić information content (AvgIpc) is 3.25. The molecule has 0 aromatic carbocycles. The molecule has 2 N–H and O–H groups in total. The fourth-order valence-corrected chi connectivity index (χ4v) is 4.01. The van der Waals surface area contributed by atoms with Crippen LogP contribution in [-0.4, -0.2) is 34.9 Å². The summed E-state index contributed by atoms with van der Waals surface area (Å²) in [6, 6.07) is 0.471. The molecule has 0 aliphatic heterocycles. The van der Waals surface area contributed by atoms with Gasteiger partial charge in [0.1, 0.15) is 5.69 Å². The molecule has 1 aromatic rings. The van der Waals surface area contributed by atoms with E-state index < -0.39 is 0 Å². The number of amides is 1. The fourth-order valence-electron chi connectivity index (χ4n) is 3.23. The van der Waals surface area contributed by atoms with Crippen LogP contribution in [0, 0.1) is 5.92 Å². The van der Waals surface area contributed by atoms with E-state index in [0.717, 1.165) is 30.8 Å². The molecule has 0 saturated heterocycles. The van der Waals surface area contributed by atoms with Crippen molar-refractivity contribution in [3.8, 4) is 0 Å². The number of hydrogen-bond donors (Lipinski definition) is 1. The van der Waals surface area contributed by atoms with Crippen LogP contribution in [0.1, 0.15) is 60.4 Å². The lowest BCUT2D eigenvalue weighted by Crippen LogP contribution is -2.38. The van der Waals surface area contributed by atoms with E-state index in [9.17, 15) is 4.79 Å². The minimum Gasteiger partial charge on any atom is -0.334 e. The van der Waals surface area contributed by atoms with E-state index in [1.807, 2.05) is 5.38 Å². The van der Waals surface area contributed by atoms with Gasteiger partial charge < -0.3 is 10.6 Å². The Morgan fingerprint density at radius 2 is 2.00 bits per heavy atom. The van der Waals surface area contributed by atoms with E-state index in [2.05, 4.69) is 9.88 Å². The number of rotatable bonds is 6. The van der Waals surface area contributed by atoms with Crippen LogP contribution in [0.25, 0.3) is 0 Å². The first-order chi connectivity index (χ1) is 10.3. The van der Waals surface area contributed by atoms with Gasteiger partial charge in [-0.25, -0.2) is 4.98 Å². The van der Waals surface area contributed by atoms with Gasteiger partial charge in [0.2, 0.25) is 0 Å². The Labute approximate surface area is 142 Å². The summed E-state index contributed by atoms with van der Waals surface area (Å²) < 4.78 is 0. The van der Waals surface area contributed by atoms with Crippen LogP contribution < -0.4 is 5.73 Å². The van der Waals surface area contributed by atoms with Gasteiger partial charge in [0.25, 0.3) is 5.91 Å². The quantitative estimate of drug-likeness (QED) is 0.862. The third-order valence-electron chi connectivity index (χ3n) is 4.56. The molecule has 2 aliphatic carbocycles. The summed E-state index contributed by atoms with van der Waals surface area (Å²) in [4.78, 5) is 19.3. The van der Waals surface area contributed by atoms with Gasteiger partial charge in [-0.15, -0.1) is 23.7 Å². The van der Waals surface area contributed by atoms with Crippen LogP contribution in [0.5, 0.6) is 0 Å². The Bertz CT molecular complexity index is 483. The average molecular weight is 344 g/mol. The lowest BCUT2D eigenvalue weighted by molar-refractivity contribution is 0.0693. The molecular formula is C16H26ClN3OS. The summed E-state index contributed by atoms with van der Waals surface area (Å²) in [5, 5.41) is 2.89. The maximum Gasteiger partial charge on any atom is 0.273 e. The first kappa shape index (κ1) is 17.7. The second-order valence-electron chi connectivity index (χ2n) is 6.36. The fraction of sp³-hybridized carbons (Fsp3) is 0.750. The maximum atomic E-state index is 12.8. The third kappa shape index (κ3) is 4.43. The van der Waals surface area contributed by atoms with Crippen LogP contribution in [-0.2, 0) is 6.42 Å². The molecule has 6 heteroatoms. The van der Waals surface area contributed by atoms with Gasteiger partial charge >= 0.3 is 0 Å². The predicted molar refractivity (Wildman–Crippen MR) is 92.8 cm³/mol. The van der Waals surface area contributed by atoms with Gasteiger partial charge in [0.05, 0.1) is 5.01 Å². The SMILES string of the molecule is Cl.NCCc1nc(C(=O)N(CC2CCCCC2)C2CC2)cs1. The van der Waals surface area contributed by atoms with Gasteiger partial charge in [-0.1, -0.05) is 19.3 Å². The summed E-state index contributed by atoms with van der Waals surface area (Å²) in [7, 11) is 0. The predicted octanol–water partition coefficient (Wildman–Crippen LogP) is 3.25. The third-order valence-corrected chi connectivity index (χ3v) is 5.47. The Morgan fingerprint density at radius 1 is 1.27 bits per heavy atom. The Hall–Kier alpha value is -0.650. The van der Waals surface area contributed by atoms with Gasteiger partial charge in [-0.05, 0) is 38.1 Å². The smallest absolute Gasteiger partial charge is 0.273 e. The second kappa shape index (κ2) is 8.27. The largest absolute Gasteiger partial charge is 0.334 e. The number of hydrogen-bond acceptors (Lipinski definition) is 4. The maximum absolute atomic E-state index is 12.8. The molecule has 1 amide bonds. The summed E-state index contributed by atoms with van der Waals surface area (Å²) in [6.45, 7) is 1.53. The molecule has 4 nitrogen and oxygen atoms in total. The zero-order valence-corrected chi connectivity index (χ0v) is 14.6. The minimum absolute atomic E-state index is 0. The molecule has 22 heavy (non-hydrogen) atoms. The molecule has 1 aromatic heterocycles. The lowest BCUT2D eigenvalue weighted by atomic mass is 9.89. The number of aromatic nitrogens is 1. The number of nitrogens with zero attached hydrogens (tertiary/aromatic N) is 2. The molecule has 3 rings (SSSR count). The van der Waals surface area contributed by atoms with Crippen LogP contribution in [0.2, 0.25) is 0 Å². The van der Waals surface area contributed by atoms with E-state index >= 15 is 0 Å². The molecule has 0 unspecified atom stereocenters. The molecule has 2 aliphatic rings. The van der Waals surface area contributed by atoms with Gasteiger partial charge in [-0.3, -0.25) is 4.79 Å². The van der Waals surface area contributed by atoms with E-state index in [1.165, 1.54) is 32.1 Å². The highest BCUT2D eigenvalue weighted by Crippen LogP contribution is 2.32. The summed E-state index contributed by atoms with van der Waals surface area (Å²) in [5.74, 6) is 0.841. The topological polar surface area (TPSA) is 59.2 Å². The van der Waals surface area contributed by atoms with E-state index in [4.69, 9.17) is 5.73 Å². The Balaban J connectivity index is 0.00000176. The first-order valence-electron chi connectivity index (χ1n) is 8.23. The van der Waals surface area contributed by atoms with Crippen LogP contribution >= 0.6 is 23.7 Å². The van der Waals surface area contributed by atoms with E-state index in [0.29, 0.717) is 24.2 Å². The highest BCUT2D eigenvalue weighted by atomic mass is 35.5. The molecule has 1 heterocycles. The molecule has 2 fully saturated rings. The number of carbonyl (C=O) groups excluding carboxylic acids is 1. The van der Waals surface area contributed by atoms with Crippen LogP contribution in [0.4, 0.5) is 0 Å². The number of halogens is 1. The highest BCUT2D eigenvalue weighted by molar-refractivity contribution is 7.09. The number of nitrogens with two attached hydrogens (primary N) is 1. The Kier molecular flexibility index (Phi) is 6.66. The minimum atomic E-state index is 0. The molecule has 2 saturated carbocycles. The lowest BCUT2D eigenvalue weighted by Gasteiger charge is -2.29. The second-order valence-corrected chi connectivity index (χ2v) is 7.30. The molecular weight excluding hydrogens is 318 g/mol. The van der Waals surface area contributed by atoms with Crippen molar-refractivity contribution in [3.05, 3.63) is 16.1 Å². The van der Waals surface area contributed by atoms with E-state index in [-0.39, 0.29) is 18.3 Å². The standard InChI is InChI=1S/C16H25N3OS.ClH/c17-9-8-15-18-14(11-21-15)16(20)19(13-6-7-13)10-12-4-2-1-3-5-12;/h11-13H,1-10,17H2;1H. The van der Waals surface area contributed by atoms with Crippen molar-refractivity contribution < 1.29 is 4.79 Å². The first-order valence-corrected chi connectivity index (χ1v) is 9.11. The highest BCUT2D eigenvalue weighted by Gasteiger charge is 2.35. The monoisotopic (exact) mass is 343 g/mol. The molecule has 124 valence electrons. The summed E-state index contributed by atoms with van der Waals surface area (Å²) in [5.41, 5.74) is 6.19. The van der Waals surface area contributed by atoms with Gasteiger partial charge in [0, 0.05) is 24.4 Å². The van der Waals surface area contributed by atoms with Crippen molar-refractivity contribution in [3.63, 3.8) is 0 Å². The summed E-state index contributed by atoms with van der Waals surface area (Å²) >= 11 is 1.56. The summed E-state index contributed by atoms with van der Waals surface area (Å²) in [6.07, 6.45) is 9.68. The zero-order chi connectivity index (χ0) is 14.7. The number of thiazole rings is 1.